The van der Waals surface area contributed by atoms with Crippen molar-refractivity contribution in [3.05, 3.63) is 65.7 Å². The number of nitrogens with one attached hydrogen (secondary N) is 1. The fourth-order valence-electron chi connectivity index (χ4n) is 3.35. The van der Waals surface area contributed by atoms with Crippen molar-refractivity contribution in [1.82, 2.24) is 10.2 Å². The average Bonchev–Trinajstić information content (AvgIpc) is 2.94. The van der Waals surface area contributed by atoms with Gasteiger partial charge in [0, 0.05) is 24.8 Å². The predicted molar refractivity (Wildman–Crippen MR) is 115 cm³/mol. The zero-order valence-electron chi connectivity index (χ0n) is 16.2. The van der Waals surface area contributed by atoms with Crippen LogP contribution in [-0.2, 0) is 16.0 Å². The third-order valence-electron chi connectivity index (χ3n) is 4.93. The molecule has 1 aliphatic rings. The molecule has 1 atom stereocenters. The van der Waals surface area contributed by atoms with Crippen molar-refractivity contribution in [2.75, 3.05) is 18.5 Å². The van der Waals surface area contributed by atoms with Crippen LogP contribution in [0, 0.1) is 0 Å². The molecule has 3 rings (SSSR count). The Morgan fingerprint density at radius 1 is 1.14 bits per heavy atom. The number of hydrogen-bond donors (Lipinski definition) is 1. The number of hydrogen-bond acceptors (Lipinski definition) is 3. The number of para-hydroxylation sites is 1. The Morgan fingerprint density at radius 3 is 2.54 bits per heavy atom. The molecule has 0 bridgehead atoms. The normalized spacial score (nSPS) is 15.3. The highest BCUT2D eigenvalue weighted by molar-refractivity contribution is 7.80. The van der Waals surface area contributed by atoms with Crippen molar-refractivity contribution in [2.45, 2.75) is 32.2 Å². The molecule has 0 spiro atoms. The van der Waals surface area contributed by atoms with Gasteiger partial charge >= 0.3 is 0 Å². The molecular weight excluding hydrogens is 370 g/mol. The standard InChI is InChI=1S/C22H25N3O2S/c1-3-4-14-25(19(26)15-16-10-6-5-7-11-16)22(28)23-20-17-12-8-9-13-18(17)24(2)21(20)27/h5-13,20H,3-4,14-15H2,1-2H3,(H,23,28). The van der Waals surface area contributed by atoms with Crippen LogP contribution in [0.5, 0.6) is 0 Å². The Bertz CT molecular complexity index is 869. The summed E-state index contributed by atoms with van der Waals surface area (Å²) < 4.78 is 0. The maximum absolute atomic E-state index is 12.9. The van der Waals surface area contributed by atoms with E-state index in [0.29, 0.717) is 11.7 Å². The van der Waals surface area contributed by atoms with Gasteiger partial charge in [-0.05, 0) is 30.3 Å². The zero-order chi connectivity index (χ0) is 20.1. The van der Waals surface area contributed by atoms with E-state index in [4.69, 9.17) is 12.2 Å². The van der Waals surface area contributed by atoms with Gasteiger partial charge in [0.05, 0.1) is 6.42 Å². The van der Waals surface area contributed by atoms with E-state index < -0.39 is 6.04 Å². The highest BCUT2D eigenvalue weighted by Gasteiger charge is 2.36. The summed E-state index contributed by atoms with van der Waals surface area (Å²) >= 11 is 5.56. The molecule has 146 valence electrons. The molecule has 0 radical (unpaired) electrons. The smallest absolute Gasteiger partial charge is 0.254 e. The molecule has 2 amide bonds. The lowest BCUT2D eigenvalue weighted by Gasteiger charge is -2.26. The number of likely N-dealkylation sites (N-methyl/N-ethyl adjacent to an activating group) is 1. The molecule has 0 saturated heterocycles. The number of anilines is 1. The minimum Gasteiger partial charge on any atom is -0.347 e. The van der Waals surface area contributed by atoms with Crippen LogP contribution in [0.2, 0.25) is 0 Å². The largest absolute Gasteiger partial charge is 0.347 e. The maximum Gasteiger partial charge on any atom is 0.254 e. The first-order chi connectivity index (χ1) is 13.5. The molecule has 0 aromatic heterocycles. The fraction of sp³-hybridized carbons (Fsp3) is 0.318. The molecule has 1 N–H and O–H groups in total. The van der Waals surface area contributed by atoms with Crippen LogP contribution in [0.15, 0.2) is 54.6 Å². The van der Waals surface area contributed by atoms with Crippen LogP contribution in [0.1, 0.15) is 36.9 Å². The minimum atomic E-state index is -0.567. The second-order valence-electron chi connectivity index (χ2n) is 6.90. The summed E-state index contributed by atoms with van der Waals surface area (Å²) in [7, 11) is 1.75. The molecule has 6 heteroatoms. The van der Waals surface area contributed by atoms with Crippen LogP contribution in [0.3, 0.4) is 0 Å². The number of thiocarbonyl (C=S) groups is 1. The molecule has 1 unspecified atom stereocenters. The summed E-state index contributed by atoms with van der Waals surface area (Å²) in [6.45, 7) is 2.61. The first-order valence-corrected chi connectivity index (χ1v) is 9.95. The lowest BCUT2D eigenvalue weighted by Crippen LogP contribution is -2.47. The van der Waals surface area contributed by atoms with E-state index in [1.165, 1.54) is 0 Å². The molecule has 0 saturated carbocycles. The van der Waals surface area contributed by atoms with E-state index >= 15 is 0 Å². The number of unbranched alkanes of at least 4 members (excludes halogenated alkanes) is 1. The van der Waals surface area contributed by atoms with E-state index in [-0.39, 0.29) is 18.2 Å². The summed E-state index contributed by atoms with van der Waals surface area (Å²) in [6.07, 6.45) is 2.07. The number of nitrogens with zero attached hydrogens (tertiary/aromatic N) is 2. The SMILES string of the molecule is CCCCN(C(=O)Cc1ccccc1)C(=S)NC1C(=O)N(C)c2ccccc21. The van der Waals surface area contributed by atoms with Gasteiger partial charge in [-0.2, -0.15) is 0 Å². The van der Waals surface area contributed by atoms with Gasteiger partial charge in [-0.3, -0.25) is 14.5 Å². The van der Waals surface area contributed by atoms with E-state index in [0.717, 1.165) is 29.7 Å². The van der Waals surface area contributed by atoms with Gasteiger partial charge in [-0.15, -0.1) is 0 Å². The number of benzene rings is 2. The molecule has 1 aliphatic heterocycles. The monoisotopic (exact) mass is 395 g/mol. The van der Waals surface area contributed by atoms with Crippen LogP contribution in [-0.4, -0.2) is 35.4 Å². The van der Waals surface area contributed by atoms with Crippen LogP contribution < -0.4 is 10.2 Å². The molecule has 28 heavy (non-hydrogen) atoms. The van der Waals surface area contributed by atoms with E-state index in [2.05, 4.69) is 12.2 Å². The molecule has 0 aliphatic carbocycles. The first kappa shape index (κ1) is 20.0. The van der Waals surface area contributed by atoms with Crippen LogP contribution in [0.4, 0.5) is 5.69 Å². The van der Waals surface area contributed by atoms with E-state index in [1.54, 1.807) is 16.8 Å². The summed E-state index contributed by atoms with van der Waals surface area (Å²) in [6, 6.07) is 16.7. The lowest BCUT2D eigenvalue weighted by atomic mass is 10.1. The molecule has 5 nitrogen and oxygen atoms in total. The number of carbonyl (C=O) groups excluding carboxylic acids is 2. The Labute approximate surface area is 171 Å². The predicted octanol–water partition coefficient (Wildman–Crippen LogP) is 3.45. The van der Waals surface area contributed by atoms with Gasteiger partial charge < -0.3 is 10.2 Å². The van der Waals surface area contributed by atoms with Gasteiger partial charge in [-0.1, -0.05) is 61.9 Å². The molecule has 1 heterocycles. The van der Waals surface area contributed by atoms with Gasteiger partial charge in [0.15, 0.2) is 5.11 Å². The summed E-state index contributed by atoms with van der Waals surface area (Å²) in [5.41, 5.74) is 2.69. The van der Waals surface area contributed by atoms with Gasteiger partial charge in [-0.25, -0.2) is 0 Å². The van der Waals surface area contributed by atoms with Crippen molar-refractivity contribution in [3.8, 4) is 0 Å². The van der Waals surface area contributed by atoms with Crippen molar-refractivity contribution in [1.29, 1.82) is 0 Å². The number of rotatable bonds is 6. The van der Waals surface area contributed by atoms with Crippen molar-refractivity contribution >= 4 is 34.8 Å². The lowest BCUT2D eigenvalue weighted by molar-refractivity contribution is -0.127. The number of fused-ring (bicyclic) bond motifs is 1. The molecular formula is C22H25N3O2S. The topological polar surface area (TPSA) is 52.7 Å². The Kier molecular flexibility index (Phi) is 6.41. The fourth-order valence-corrected chi connectivity index (χ4v) is 3.66. The van der Waals surface area contributed by atoms with E-state index in [9.17, 15) is 9.59 Å². The third kappa shape index (κ3) is 4.22. The van der Waals surface area contributed by atoms with Crippen LogP contribution in [0.25, 0.3) is 0 Å². The van der Waals surface area contributed by atoms with Gasteiger partial charge in [0.25, 0.3) is 5.91 Å². The first-order valence-electron chi connectivity index (χ1n) is 9.54. The highest BCUT2D eigenvalue weighted by atomic mass is 32.1. The van der Waals surface area contributed by atoms with Gasteiger partial charge in [0.1, 0.15) is 6.04 Å². The summed E-state index contributed by atoms with van der Waals surface area (Å²) in [5.74, 6) is -0.140. The second-order valence-corrected chi connectivity index (χ2v) is 7.29. The van der Waals surface area contributed by atoms with Crippen molar-refractivity contribution < 1.29 is 9.59 Å². The Hall–Kier alpha value is -2.73. The number of amides is 2. The third-order valence-corrected chi connectivity index (χ3v) is 5.27. The highest BCUT2D eigenvalue weighted by Crippen LogP contribution is 2.34. The summed E-state index contributed by atoms with van der Waals surface area (Å²) in [4.78, 5) is 28.8. The zero-order valence-corrected chi connectivity index (χ0v) is 17.0. The Morgan fingerprint density at radius 2 is 1.82 bits per heavy atom. The molecule has 2 aromatic rings. The minimum absolute atomic E-state index is 0.0655. The van der Waals surface area contributed by atoms with E-state index in [1.807, 2.05) is 54.6 Å². The van der Waals surface area contributed by atoms with Crippen molar-refractivity contribution in [2.24, 2.45) is 0 Å². The quantitative estimate of drug-likeness (QED) is 0.761. The number of carbonyl (C=O) groups is 2. The second kappa shape index (κ2) is 8.97. The van der Waals surface area contributed by atoms with Gasteiger partial charge in [0.2, 0.25) is 5.91 Å². The van der Waals surface area contributed by atoms with Crippen LogP contribution >= 0.6 is 12.2 Å². The molecule has 0 fully saturated rings. The maximum atomic E-state index is 12.9. The molecule has 2 aromatic carbocycles. The Balaban J connectivity index is 1.76. The average molecular weight is 396 g/mol. The van der Waals surface area contributed by atoms with Crippen molar-refractivity contribution in [3.63, 3.8) is 0 Å². The summed E-state index contributed by atoms with van der Waals surface area (Å²) in [5, 5.41) is 3.44.